The largest absolute Gasteiger partial charge is 2.00 e. The molecule has 0 atom stereocenters. The van der Waals surface area contributed by atoms with E-state index >= 15 is 0 Å². The van der Waals surface area contributed by atoms with Crippen LogP contribution in [0.1, 0.15) is 0 Å². The minimum atomic E-state index is -5.17. The Morgan fingerprint density at radius 3 is 0.824 bits per heavy atom. The zero-order chi connectivity index (χ0) is 12.6. The van der Waals surface area contributed by atoms with Gasteiger partial charge in [-0.3, -0.25) is 16.8 Å². The van der Waals surface area contributed by atoms with Crippen LogP contribution in [0.4, 0.5) is 4.79 Å². The van der Waals surface area contributed by atoms with Gasteiger partial charge in [-0.15, -0.1) is 0 Å². The van der Waals surface area contributed by atoms with Crippen LogP contribution in [-0.2, 0) is 20.8 Å². The van der Waals surface area contributed by atoms with Crippen LogP contribution in [0.3, 0.4) is 0 Å². The van der Waals surface area contributed by atoms with Crippen molar-refractivity contribution in [2.45, 2.75) is 0 Å². The monoisotopic (exact) mass is 324 g/mol. The van der Waals surface area contributed by atoms with Crippen LogP contribution in [0.15, 0.2) is 0 Å². The van der Waals surface area contributed by atoms with Crippen molar-refractivity contribution in [1.29, 1.82) is 0 Å². The van der Waals surface area contributed by atoms with Crippen LogP contribution in [-0.4, -0.2) is 92.4 Å². The molecule has 0 aliphatic heterocycles. The molecule has 1 N–H and O–H groups in total. The molecule has 0 aromatic heterocycles. The molecular weight excluding hydrogens is 324 g/mol. The molecule has 0 spiro atoms. The summed E-state index contributed by atoms with van der Waals surface area (Å²) in [6.07, 6.45) is -2.08. The summed E-state index contributed by atoms with van der Waals surface area (Å²) in [5, 5.41) is 15.3. The Bertz CT molecular complexity index is 294. The van der Waals surface area contributed by atoms with Gasteiger partial charge in [-0.05, 0) is 0 Å². The molecule has 0 radical (unpaired) electrons. The average molecular weight is 325 g/mol. The maximum absolute atomic E-state index is 8.52. The van der Waals surface area contributed by atoms with Crippen LogP contribution >= 0.6 is 0 Å². The molecule has 0 unspecified atom stereocenters. The van der Waals surface area contributed by atoms with Crippen molar-refractivity contribution in [3.8, 4) is 0 Å². The van der Waals surface area contributed by atoms with E-state index in [1.54, 1.807) is 0 Å². The van der Waals surface area contributed by atoms with Crippen molar-refractivity contribution in [2.75, 3.05) is 0 Å². The molecule has 0 aromatic carbocycles. The third-order valence-electron chi connectivity index (χ3n) is 0. The summed E-state index contributed by atoms with van der Waals surface area (Å²) < 4.78 is 68.2. The minimum Gasteiger partial charge on any atom is -0.759 e. The fourth-order valence-electron chi connectivity index (χ4n) is 0. The number of hydrogen-bond donors (Lipinski definition) is 1. The van der Waals surface area contributed by atoms with Gasteiger partial charge in [-0.25, -0.2) is 0 Å². The summed E-state index contributed by atoms with van der Waals surface area (Å²) >= 11 is 0. The quantitative estimate of drug-likeness (QED) is 0.250. The van der Waals surface area contributed by atoms with Gasteiger partial charge in [0.15, 0.2) is 0 Å². The predicted octanol–water partition coefficient (Wildman–Crippen LogP) is -7.55. The number of rotatable bonds is 0. The fraction of sp³-hybridized carbons (Fsp3) is 0. The molecule has 0 aromatic rings. The summed E-state index contributed by atoms with van der Waals surface area (Å²) in [4.78, 5) is 8.44. The van der Waals surface area contributed by atoms with Crippen molar-refractivity contribution in [3.05, 3.63) is 0 Å². The first-order chi connectivity index (χ1) is 5.73. The number of hydrogen-bond acceptors (Lipinski definition) is 10. The fourth-order valence-corrected chi connectivity index (χ4v) is 0. The summed E-state index contributed by atoms with van der Waals surface area (Å²) in [7, 11) is -10.3. The first kappa shape index (κ1) is 36.3. The zero-order valence-corrected chi connectivity index (χ0v) is 14.7. The molecule has 17 heavy (non-hydrogen) atoms. The van der Waals surface area contributed by atoms with Crippen molar-refractivity contribution < 1.29 is 79.6 Å². The van der Waals surface area contributed by atoms with E-state index in [0.717, 1.165) is 0 Å². The van der Waals surface area contributed by atoms with Gasteiger partial charge in [-0.1, -0.05) is 0 Å². The summed E-state index contributed by atoms with van der Waals surface area (Å²) in [6.45, 7) is 0. The first-order valence-electron chi connectivity index (χ1n) is 1.97. The van der Waals surface area contributed by atoms with E-state index in [1.807, 2.05) is 0 Å². The van der Waals surface area contributed by atoms with E-state index < -0.39 is 27.0 Å². The summed E-state index contributed by atoms with van der Waals surface area (Å²) in [6, 6.07) is 0. The van der Waals surface area contributed by atoms with Crippen LogP contribution in [0.2, 0.25) is 0 Å². The van der Waals surface area contributed by atoms with Crippen molar-refractivity contribution in [2.24, 2.45) is 0 Å². The molecule has 0 heterocycles. The topological polar surface area (TPSA) is 221 Å². The van der Waals surface area contributed by atoms with Gasteiger partial charge >= 0.3 is 75.7 Å². The van der Waals surface area contributed by atoms with Gasteiger partial charge in [0, 0.05) is 20.8 Å². The summed E-state index contributed by atoms with van der Waals surface area (Å²) in [5.41, 5.74) is 0. The number of carboxylic acid groups (broad SMARTS) is 2. The van der Waals surface area contributed by atoms with Gasteiger partial charge in [0.2, 0.25) is 6.16 Å². The Labute approximate surface area is 151 Å². The Kier molecular flexibility index (Phi) is 37.4. The third-order valence-corrected chi connectivity index (χ3v) is 0. The normalized spacial score (nSPS) is 8.24. The molecule has 0 saturated heterocycles. The molecular formula is CHMg2NaO11S2. The second-order valence-corrected chi connectivity index (χ2v) is 2.72. The van der Waals surface area contributed by atoms with Crippen LogP contribution in [0, 0.1) is 0 Å². The molecule has 0 rings (SSSR count). The summed E-state index contributed by atoms with van der Waals surface area (Å²) in [5.74, 6) is 0. The van der Waals surface area contributed by atoms with Crippen molar-refractivity contribution in [1.82, 2.24) is 0 Å². The number of carbonyl (C=O) groups is 1. The zero-order valence-electron chi connectivity index (χ0n) is 8.26. The molecule has 16 heteroatoms. The Balaban J connectivity index is -0.0000000247. The van der Waals surface area contributed by atoms with Gasteiger partial charge < -0.3 is 33.2 Å². The molecule has 0 aliphatic rings. The molecule has 0 aliphatic carbocycles. The van der Waals surface area contributed by atoms with Crippen molar-refractivity contribution >= 4 is 73.1 Å². The van der Waals surface area contributed by atoms with Gasteiger partial charge in [0.05, 0.1) is 0 Å². The van der Waals surface area contributed by atoms with Crippen LogP contribution in [0.25, 0.3) is 0 Å². The third kappa shape index (κ3) is 1780. The van der Waals surface area contributed by atoms with Crippen LogP contribution in [0.5, 0.6) is 0 Å². The molecule has 88 valence electrons. The van der Waals surface area contributed by atoms with E-state index in [-0.39, 0.29) is 75.7 Å². The maximum atomic E-state index is 8.52. The Morgan fingerprint density at radius 2 is 0.824 bits per heavy atom. The molecule has 11 nitrogen and oxygen atoms in total. The molecule has 0 bridgehead atoms. The van der Waals surface area contributed by atoms with E-state index in [9.17, 15) is 0 Å². The molecule has 0 saturated carbocycles. The Morgan fingerprint density at radius 1 is 0.824 bits per heavy atom. The van der Waals surface area contributed by atoms with E-state index in [2.05, 4.69) is 0 Å². The minimum absolute atomic E-state index is 0. The predicted molar refractivity (Wildman–Crippen MR) is 40.5 cm³/mol. The van der Waals surface area contributed by atoms with Gasteiger partial charge in [-0.2, -0.15) is 0 Å². The molecule has 0 fully saturated rings. The SMILES string of the molecule is O=C([O-])O.O=S(=O)([O-])[O-].O=S(=O)([O-])[O-].[Mg+2].[Mg+2].[Na+]. The average Bonchev–Trinajstić information content (AvgIpc) is 1.45. The second kappa shape index (κ2) is 17.5. The molecule has 0 amide bonds. The standard InChI is InChI=1S/CH2O3.2Mg.Na.2H2O4S/c2-1(3)4;;;;2*1-5(2,3)4/h(H2,2,3,4);;;;2*(H2,1,2,3,4)/q;2*+2;+1;;/p-5. The first-order valence-corrected chi connectivity index (χ1v) is 4.63. The van der Waals surface area contributed by atoms with Crippen LogP contribution < -0.4 is 34.7 Å². The van der Waals surface area contributed by atoms with E-state index in [0.29, 0.717) is 0 Å². The van der Waals surface area contributed by atoms with E-state index in [1.165, 1.54) is 0 Å². The smallest absolute Gasteiger partial charge is 0.759 e. The maximum Gasteiger partial charge on any atom is 2.00 e. The van der Waals surface area contributed by atoms with E-state index in [4.69, 9.17) is 50.1 Å². The second-order valence-electron chi connectivity index (χ2n) is 1.08. The van der Waals surface area contributed by atoms with Gasteiger partial charge in [0.1, 0.15) is 0 Å². The Hall–Kier alpha value is 1.54. The van der Waals surface area contributed by atoms with Gasteiger partial charge in [0.25, 0.3) is 0 Å². The van der Waals surface area contributed by atoms with Crippen molar-refractivity contribution in [3.63, 3.8) is 0 Å².